The summed E-state index contributed by atoms with van der Waals surface area (Å²) in [5.41, 5.74) is 0. The van der Waals surface area contributed by atoms with Crippen LogP contribution in [0.2, 0.25) is 0 Å². The molecule has 0 unspecified atom stereocenters. The van der Waals surface area contributed by atoms with Crippen molar-refractivity contribution in [2.45, 2.75) is 18.9 Å². The third kappa shape index (κ3) is 3.87. The van der Waals surface area contributed by atoms with E-state index in [2.05, 4.69) is 5.32 Å². The number of hydrogen-bond donors (Lipinski definition) is 2. The van der Waals surface area contributed by atoms with Gasteiger partial charge in [-0.15, -0.1) is 0 Å². The fourth-order valence-electron chi connectivity index (χ4n) is 1.70. The van der Waals surface area contributed by atoms with E-state index in [9.17, 15) is 9.59 Å². The summed E-state index contributed by atoms with van der Waals surface area (Å²) in [6, 6.07) is 7.32. The van der Waals surface area contributed by atoms with Gasteiger partial charge in [0.15, 0.2) is 11.5 Å². The highest BCUT2D eigenvalue weighted by Crippen LogP contribution is 2.30. The van der Waals surface area contributed by atoms with Crippen molar-refractivity contribution in [1.29, 1.82) is 0 Å². The molecule has 102 valence electrons. The van der Waals surface area contributed by atoms with Crippen molar-refractivity contribution in [3.05, 3.63) is 24.3 Å². The van der Waals surface area contributed by atoms with Gasteiger partial charge in [0, 0.05) is 6.42 Å². The van der Waals surface area contributed by atoms with Gasteiger partial charge in [0.1, 0.15) is 12.7 Å². The standard InChI is InChI=1S/C13H15NO5/c15-12(5-6-13(16)17)14-7-9-8-18-10-3-1-2-4-11(10)19-9/h1-4,9H,5-8H2,(H,14,15)(H,16,17)/t9-/m0/s1. The molecule has 1 heterocycles. The molecule has 0 aromatic heterocycles. The van der Waals surface area contributed by atoms with E-state index >= 15 is 0 Å². The van der Waals surface area contributed by atoms with E-state index in [0.717, 1.165) is 0 Å². The molecule has 0 radical (unpaired) electrons. The monoisotopic (exact) mass is 265 g/mol. The number of ether oxygens (including phenoxy) is 2. The first-order chi connectivity index (χ1) is 9.15. The van der Waals surface area contributed by atoms with E-state index in [-0.39, 0.29) is 24.9 Å². The molecule has 1 aliphatic rings. The largest absolute Gasteiger partial charge is 0.486 e. The summed E-state index contributed by atoms with van der Waals surface area (Å²) in [4.78, 5) is 21.7. The predicted molar refractivity (Wildman–Crippen MR) is 66.2 cm³/mol. The fourth-order valence-corrected chi connectivity index (χ4v) is 1.70. The number of para-hydroxylation sites is 2. The van der Waals surface area contributed by atoms with Crippen molar-refractivity contribution >= 4 is 11.9 Å². The molecule has 2 N–H and O–H groups in total. The molecule has 1 aromatic rings. The van der Waals surface area contributed by atoms with Gasteiger partial charge in [0.2, 0.25) is 5.91 Å². The minimum Gasteiger partial charge on any atom is -0.486 e. The Morgan fingerprint density at radius 1 is 1.26 bits per heavy atom. The van der Waals surface area contributed by atoms with Gasteiger partial charge in [-0.2, -0.15) is 0 Å². The van der Waals surface area contributed by atoms with Crippen molar-refractivity contribution in [2.75, 3.05) is 13.2 Å². The number of amides is 1. The van der Waals surface area contributed by atoms with Crippen LogP contribution in [0.15, 0.2) is 24.3 Å². The van der Waals surface area contributed by atoms with E-state index < -0.39 is 5.97 Å². The summed E-state index contributed by atoms with van der Waals surface area (Å²) in [7, 11) is 0. The topological polar surface area (TPSA) is 84.9 Å². The van der Waals surface area contributed by atoms with Gasteiger partial charge in [-0.1, -0.05) is 12.1 Å². The van der Waals surface area contributed by atoms with Gasteiger partial charge in [0.05, 0.1) is 13.0 Å². The smallest absolute Gasteiger partial charge is 0.303 e. The second-order valence-electron chi connectivity index (χ2n) is 4.20. The number of carbonyl (C=O) groups excluding carboxylic acids is 1. The van der Waals surface area contributed by atoms with E-state index in [1.807, 2.05) is 18.2 Å². The van der Waals surface area contributed by atoms with Gasteiger partial charge >= 0.3 is 5.97 Å². The molecule has 1 amide bonds. The first-order valence-electron chi connectivity index (χ1n) is 6.02. The van der Waals surface area contributed by atoms with Crippen molar-refractivity contribution in [2.24, 2.45) is 0 Å². The maximum absolute atomic E-state index is 11.4. The first kappa shape index (κ1) is 13.2. The molecule has 0 bridgehead atoms. The molecule has 6 heteroatoms. The van der Waals surface area contributed by atoms with Gasteiger partial charge in [-0.25, -0.2) is 0 Å². The third-order valence-electron chi connectivity index (χ3n) is 2.66. The number of rotatable bonds is 5. The van der Waals surface area contributed by atoms with Crippen LogP contribution in [0, 0.1) is 0 Å². The Balaban J connectivity index is 1.76. The Kier molecular flexibility index (Phi) is 4.22. The summed E-state index contributed by atoms with van der Waals surface area (Å²) in [6.45, 7) is 0.656. The molecule has 0 aliphatic carbocycles. The number of carbonyl (C=O) groups is 2. The number of nitrogens with one attached hydrogen (secondary N) is 1. The Morgan fingerprint density at radius 3 is 2.74 bits per heavy atom. The summed E-state index contributed by atoms with van der Waals surface area (Å²) >= 11 is 0. The Bertz CT molecular complexity index is 474. The number of hydrogen-bond acceptors (Lipinski definition) is 4. The molecule has 19 heavy (non-hydrogen) atoms. The van der Waals surface area contributed by atoms with Crippen molar-refractivity contribution < 1.29 is 24.2 Å². The van der Waals surface area contributed by atoms with E-state index in [0.29, 0.717) is 24.7 Å². The molecular weight excluding hydrogens is 250 g/mol. The van der Waals surface area contributed by atoms with Gasteiger partial charge < -0.3 is 19.9 Å². The highest BCUT2D eigenvalue weighted by molar-refractivity contribution is 5.80. The number of carboxylic acids is 1. The lowest BCUT2D eigenvalue weighted by Crippen LogP contribution is -2.40. The lowest BCUT2D eigenvalue weighted by Gasteiger charge is -2.26. The Morgan fingerprint density at radius 2 is 2.00 bits per heavy atom. The van der Waals surface area contributed by atoms with Crippen LogP contribution in [-0.4, -0.2) is 36.2 Å². The lowest BCUT2D eigenvalue weighted by molar-refractivity contribution is -0.138. The summed E-state index contributed by atoms with van der Waals surface area (Å²) in [5, 5.41) is 11.1. The summed E-state index contributed by atoms with van der Waals surface area (Å²) in [6.07, 6.45) is -0.459. The zero-order chi connectivity index (χ0) is 13.7. The van der Waals surface area contributed by atoms with Crippen LogP contribution >= 0.6 is 0 Å². The van der Waals surface area contributed by atoms with Gasteiger partial charge in [-0.3, -0.25) is 9.59 Å². The molecule has 0 spiro atoms. The average Bonchev–Trinajstić information content (AvgIpc) is 2.42. The third-order valence-corrected chi connectivity index (χ3v) is 2.66. The molecule has 1 atom stereocenters. The van der Waals surface area contributed by atoms with Crippen molar-refractivity contribution in [1.82, 2.24) is 5.32 Å². The molecule has 0 fully saturated rings. The number of carboxylic acid groups (broad SMARTS) is 1. The van der Waals surface area contributed by atoms with Gasteiger partial charge in [0.25, 0.3) is 0 Å². The molecule has 1 aromatic carbocycles. The van der Waals surface area contributed by atoms with Gasteiger partial charge in [-0.05, 0) is 12.1 Å². The highest BCUT2D eigenvalue weighted by atomic mass is 16.6. The Hall–Kier alpha value is -2.24. The predicted octanol–water partition coefficient (Wildman–Crippen LogP) is 0.807. The summed E-state index contributed by atoms with van der Waals surface area (Å²) < 4.78 is 11.1. The van der Waals surface area contributed by atoms with E-state index in [1.165, 1.54) is 0 Å². The minimum atomic E-state index is -0.985. The van der Waals surface area contributed by atoms with E-state index in [1.54, 1.807) is 6.07 Å². The van der Waals surface area contributed by atoms with Crippen molar-refractivity contribution in [3.8, 4) is 11.5 Å². The second kappa shape index (κ2) is 6.08. The average molecular weight is 265 g/mol. The molecule has 2 rings (SSSR count). The lowest BCUT2D eigenvalue weighted by atomic mass is 10.2. The van der Waals surface area contributed by atoms with Crippen LogP contribution in [0.1, 0.15) is 12.8 Å². The van der Waals surface area contributed by atoms with Crippen LogP contribution < -0.4 is 14.8 Å². The summed E-state index contributed by atoms with van der Waals surface area (Å²) in [5.74, 6) is 0.0562. The first-order valence-corrected chi connectivity index (χ1v) is 6.02. The maximum Gasteiger partial charge on any atom is 0.303 e. The zero-order valence-corrected chi connectivity index (χ0v) is 10.3. The van der Waals surface area contributed by atoms with Crippen LogP contribution in [0.25, 0.3) is 0 Å². The molecular formula is C13H15NO5. The maximum atomic E-state index is 11.4. The zero-order valence-electron chi connectivity index (χ0n) is 10.3. The minimum absolute atomic E-state index is 0.0283. The molecule has 6 nitrogen and oxygen atoms in total. The number of aliphatic carboxylic acids is 1. The van der Waals surface area contributed by atoms with Crippen LogP contribution in [0.5, 0.6) is 11.5 Å². The number of benzene rings is 1. The second-order valence-corrected chi connectivity index (χ2v) is 4.20. The van der Waals surface area contributed by atoms with Crippen LogP contribution in [0.3, 0.4) is 0 Å². The molecule has 1 aliphatic heterocycles. The molecule has 0 saturated heterocycles. The quantitative estimate of drug-likeness (QED) is 0.822. The van der Waals surface area contributed by atoms with E-state index in [4.69, 9.17) is 14.6 Å². The van der Waals surface area contributed by atoms with Crippen molar-refractivity contribution in [3.63, 3.8) is 0 Å². The number of fused-ring (bicyclic) bond motifs is 1. The SMILES string of the molecule is O=C(O)CCC(=O)NC[C@H]1COc2ccccc2O1. The molecule has 0 saturated carbocycles. The highest BCUT2D eigenvalue weighted by Gasteiger charge is 2.20. The van der Waals surface area contributed by atoms with Crippen LogP contribution in [-0.2, 0) is 9.59 Å². The Labute approximate surface area is 110 Å². The fraction of sp³-hybridized carbons (Fsp3) is 0.385. The normalized spacial score (nSPS) is 16.7. The van der Waals surface area contributed by atoms with Crippen LogP contribution in [0.4, 0.5) is 0 Å².